The van der Waals surface area contributed by atoms with Crippen molar-refractivity contribution in [3.05, 3.63) is 99.9 Å². The normalized spacial score (nSPS) is 16.8. The van der Waals surface area contributed by atoms with Crippen LogP contribution in [-0.4, -0.2) is 31.5 Å². The Morgan fingerprint density at radius 3 is 2.65 bits per heavy atom. The van der Waals surface area contributed by atoms with Gasteiger partial charge in [-0.15, -0.1) is 11.3 Å². The minimum atomic E-state index is -0.406. The molecule has 6 nitrogen and oxygen atoms in total. The fraction of sp³-hybridized carbons (Fsp3) is 0.0769. The quantitative estimate of drug-likeness (QED) is 0.376. The third kappa shape index (κ3) is 3.81. The van der Waals surface area contributed by atoms with Gasteiger partial charge in [0.15, 0.2) is 5.84 Å². The first-order valence-corrected chi connectivity index (χ1v) is 12.5. The zero-order valence-electron chi connectivity index (χ0n) is 18.0. The molecule has 0 unspecified atom stereocenters. The van der Waals surface area contributed by atoms with Crippen LogP contribution in [0.15, 0.2) is 94.0 Å². The van der Waals surface area contributed by atoms with E-state index in [0.29, 0.717) is 11.6 Å². The van der Waals surface area contributed by atoms with Gasteiger partial charge in [0.1, 0.15) is 5.04 Å². The molecule has 0 spiro atoms. The van der Waals surface area contributed by atoms with Crippen LogP contribution in [0.4, 0.5) is 0 Å². The van der Waals surface area contributed by atoms with Crippen LogP contribution in [-0.2, 0) is 17.8 Å². The lowest BCUT2D eigenvalue weighted by molar-refractivity contribution is -0.114. The first kappa shape index (κ1) is 20.8. The van der Waals surface area contributed by atoms with Crippen LogP contribution in [0.5, 0.6) is 0 Å². The maximum atomic E-state index is 12.9. The van der Waals surface area contributed by atoms with Gasteiger partial charge in [-0.1, -0.05) is 54.6 Å². The second kappa shape index (κ2) is 8.55. The van der Waals surface area contributed by atoms with Crippen LogP contribution in [0.25, 0.3) is 17.0 Å². The molecule has 6 rings (SSSR count). The van der Waals surface area contributed by atoms with E-state index in [1.807, 2.05) is 54.0 Å². The molecule has 2 aliphatic heterocycles. The molecule has 2 aliphatic rings. The van der Waals surface area contributed by atoms with Crippen molar-refractivity contribution < 1.29 is 4.79 Å². The molecule has 0 radical (unpaired) electrons. The predicted molar refractivity (Wildman–Crippen MR) is 141 cm³/mol. The summed E-state index contributed by atoms with van der Waals surface area (Å²) in [6.07, 6.45) is 4.48. The molecule has 4 aromatic rings. The SMILES string of the molecule is N=C1/C(=C\c2cn(Cc3ccccc3)c3ccccc23)C(=O)N=C2SC(Cc3cccs3)=NN12. The molecule has 166 valence electrons. The molecule has 0 saturated heterocycles. The Hall–Kier alpha value is -3.75. The predicted octanol–water partition coefficient (Wildman–Crippen LogP) is 5.61. The first-order valence-electron chi connectivity index (χ1n) is 10.8. The molecule has 4 heterocycles. The van der Waals surface area contributed by atoms with Gasteiger partial charge >= 0.3 is 0 Å². The molecule has 8 heteroatoms. The maximum absolute atomic E-state index is 12.9. The standard InChI is InChI=1S/C26H19N5OS2/c27-24-21(25(32)28-26-31(24)29-23(34-26)14-19-9-6-12-33-19)13-18-16-30(15-17-7-2-1-3-8-17)22-11-5-4-10-20(18)22/h1-13,16,27H,14-15H2/b21-13+,27-24?. The van der Waals surface area contributed by atoms with Gasteiger partial charge in [0, 0.05) is 40.5 Å². The Labute approximate surface area is 204 Å². The molecule has 1 N–H and O–H groups in total. The van der Waals surface area contributed by atoms with E-state index in [-0.39, 0.29) is 11.4 Å². The van der Waals surface area contributed by atoms with Gasteiger partial charge in [-0.2, -0.15) is 15.1 Å². The molecular formula is C26H19N5OS2. The zero-order valence-corrected chi connectivity index (χ0v) is 19.6. The highest BCUT2D eigenvalue weighted by Gasteiger charge is 2.35. The number of thioether (sulfide) groups is 1. The van der Waals surface area contributed by atoms with Crippen LogP contribution < -0.4 is 0 Å². The smallest absolute Gasteiger partial charge is 0.283 e. The number of rotatable bonds is 5. The highest BCUT2D eigenvalue weighted by Crippen LogP contribution is 2.31. The number of aromatic nitrogens is 1. The molecule has 0 atom stereocenters. The first-order chi connectivity index (χ1) is 16.7. The van der Waals surface area contributed by atoms with E-state index in [4.69, 9.17) is 5.41 Å². The number of carbonyl (C=O) groups excluding carboxylic acids is 1. The van der Waals surface area contributed by atoms with Crippen LogP contribution in [0.2, 0.25) is 0 Å². The monoisotopic (exact) mass is 481 g/mol. The molecule has 0 aliphatic carbocycles. The third-order valence-electron chi connectivity index (χ3n) is 5.72. The number of fused-ring (bicyclic) bond motifs is 2. The molecule has 2 aromatic carbocycles. The van der Waals surface area contributed by atoms with Crippen molar-refractivity contribution in [2.24, 2.45) is 10.1 Å². The van der Waals surface area contributed by atoms with Gasteiger partial charge in [0.25, 0.3) is 5.91 Å². The van der Waals surface area contributed by atoms with E-state index < -0.39 is 5.91 Å². The van der Waals surface area contributed by atoms with Crippen molar-refractivity contribution in [3.8, 4) is 0 Å². The Balaban J connectivity index is 1.35. The zero-order chi connectivity index (χ0) is 23.1. The van der Waals surface area contributed by atoms with E-state index in [1.54, 1.807) is 17.4 Å². The number of hydrogen-bond acceptors (Lipinski definition) is 5. The second-order valence-corrected chi connectivity index (χ2v) is 10.1. The average molecular weight is 482 g/mol. The number of amidine groups is 2. The highest BCUT2D eigenvalue weighted by atomic mass is 32.2. The molecule has 0 bridgehead atoms. The Morgan fingerprint density at radius 2 is 1.82 bits per heavy atom. The van der Waals surface area contributed by atoms with Gasteiger partial charge in [0.05, 0.1) is 5.57 Å². The average Bonchev–Trinajstić information content (AvgIpc) is 3.58. The van der Waals surface area contributed by atoms with E-state index in [0.717, 1.165) is 28.1 Å². The van der Waals surface area contributed by atoms with Gasteiger partial charge in [0.2, 0.25) is 5.17 Å². The summed E-state index contributed by atoms with van der Waals surface area (Å²) in [6.45, 7) is 0.720. The minimum Gasteiger partial charge on any atom is -0.342 e. The fourth-order valence-electron chi connectivity index (χ4n) is 4.12. The fourth-order valence-corrected chi connectivity index (χ4v) is 5.83. The largest absolute Gasteiger partial charge is 0.342 e. The summed E-state index contributed by atoms with van der Waals surface area (Å²) in [5, 5.41) is 19.1. The number of carbonyl (C=O) groups is 1. The van der Waals surface area contributed by atoms with Crippen molar-refractivity contribution in [2.75, 3.05) is 0 Å². The number of thiophene rings is 1. The molecular weight excluding hydrogens is 462 g/mol. The van der Waals surface area contributed by atoms with E-state index >= 15 is 0 Å². The molecule has 0 saturated carbocycles. The van der Waals surface area contributed by atoms with Gasteiger partial charge in [-0.3, -0.25) is 10.2 Å². The number of hydrogen-bond donors (Lipinski definition) is 1. The number of benzene rings is 2. The third-order valence-corrected chi connectivity index (χ3v) is 7.50. The van der Waals surface area contributed by atoms with E-state index in [1.165, 1.54) is 27.2 Å². The van der Waals surface area contributed by atoms with Crippen LogP contribution in [0, 0.1) is 5.41 Å². The van der Waals surface area contributed by atoms with Crippen molar-refractivity contribution in [3.63, 3.8) is 0 Å². The highest BCUT2D eigenvalue weighted by molar-refractivity contribution is 8.27. The summed E-state index contributed by atoms with van der Waals surface area (Å²) >= 11 is 3.02. The molecule has 1 amide bonds. The van der Waals surface area contributed by atoms with E-state index in [9.17, 15) is 4.79 Å². The number of amides is 1. The molecule has 34 heavy (non-hydrogen) atoms. The lowest BCUT2D eigenvalue weighted by atomic mass is 10.1. The second-order valence-electron chi connectivity index (χ2n) is 7.98. The summed E-state index contributed by atoms with van der Waals surface area (Å²) in [7, 11) is 0. The summed E-state index contributed by atoms with van der Waals surface area (Å²) in [5.41, 5.74) is 3.39. The summed E-state index contributed by atoms with van der Waals surface area (Å²) < 4.78 is 2.17. The van der Waals surface area contributed by atoms with Crippen LogP contribution in [0.1, 0.15) is 16.0 Å². The lowest BCUT2D eigenvalue weighted by Gasteiger charge is -2.20. The molecule has 2 aromatic heterocycles. The number of para-hydroxylation sites is 1. The summed E-state index contributed by atoms with van der Waals surface area (Å²) in [6, 6.07) is 22.4. The Kier molecular flexibility index (Phi) is 5.24. The van der Waals surface area contributed by atoms with Crippen LogP contribution >= 0.6 is 23.1 Å². The van der Waals surface area contributed by atoms with Crippen molar-refractivity contribution in [2.45, 2.75) is 13.0 Å². The Morgan fingerprint density at radius 1 is 1.00 bits per heavy atom. The maximum Gasteiger partial charge on any atom is 0.283 e. The minimum absolute atomic E-state index is 0.0589. The number of nitrogens with zero attached hydrogens (tertiary/aromatic N) is 4. The number of hydrazone groups is 1. The van der Waals surface area contributed by atoms with Crippen molar-refractivity contribution >= 4 is 62.0 Å². The lowest BCUT2D eigenvalue weighted by Crippen LogP contribution is -2.35. The Bertz CT molecular complexity index is 1510. The van der Waals surface area contributed by atoms with E-state index in [2.05, 4.69) is 38.9 Å². The molecule has 0 fully saturated rings. The van der Waals surface area contributed by atoms with Crippen molar-refractivity contribution in [1.82, 2.24) is 9.58 Å². The van der Waals surface area contributed by atoms with Gasteiger partial charge < -0.3 is 4.57 Å². The van der Waals surface area contributed by atoms with Crippen molar-refractivity contribution in [1.29, 1.82) is 5.41 Å². The van der Waals surface area contributed by atoms with Gasteiger partial charge in [-0.25, -0.2) is 0 Å². The van der Waals surface area contributed by atoms with Crippen LogP contribution in [0.3, 0.4) is 0 Å². The summed E-state index contributed by atoms with van der Waals surface area (Å²) in [4.78, 5) is 18.3. The topological polar surface area (TPSA) is 73.8 Å². The summed E-state index contributed by atoms with van der Waals surface area (Å²) in [5.74, 6) is -0.347. The van der Waals surface area contributed by atoms with Gasteiger partial charge in [-0.05, 0) is 40.9 Å². The number of nitrogens with one attached hydrogen (secondary N) is 1. The number of aliphatic imine (C=N–C) groups is 1.